The minimum absolute atomic E-state index is 0.242. The Labute approximate surface area is 503 Å². The Balaban J connectivity index is 1.38. The van der Waals surface area contributed by atoms with E-state index in [1.54, 1.807) is 6.08 Å². The molecule has 0 radical (unpaired) electrons. The van der Waals surface area contributed by atoms with Crippen molar-refractivity contribution in [3.05, 3.63) is 48.6 Å². The monoisotopic (exact) mass is 1200 g/mol. The first-order valence-electron chi connectivity index (χ1n) is 32.9. The molecule has 17 atom stereocenters. The highest BCUT2D eigenvalue weighted by Crippen LogP contribution is 2.33. The van der Waals surface area contributed by atoms with Gasteiger partial charge in [0.2, 0.25) is 5.91 Å². The highest BCUT2D eigenvalue weighted by molar-refractivity contribution is 5.76. The van der Waals surface area contributed by atoms with E-state index < -0.39 is 124 Å². The molecule has 490 valence electrons. The second kappa shape index (κ2) is 47.7. The number of aliphatic hydroxyl groups is 11. The number of aliphatic hydroxyl groups excluding tert-OH is 11. The number of carbonyl (C=O) groups excluding carboxylic acids is 1. The first-order chi connectivity index (χ1) is 40.8. The number of amides is 1. The van der Waals surface area contributed by atoms with E-state index in [1.165, 1.54) is 141 Å². The summed E-state index contributed by atoms with van der Waals surface area (Å²) in [6.45, 7) is 1.68. The van der Waals surface area contributed by atoms with Gasteiger partial charge < -0.3 is 89.9 Å². The molecule has 3 fully saturated rings. The Kier molecular flexibility index (Phi) is 43.2. The molecule has 0 aromatic rings. The SMILES string of the molecule is CCCCCCC/C=C\C/C=C\C/C=C\CCCCCCCCCCCCCCCCC(=O)NC(COC1OC(CO)C(OC2OC(CO)C(OC3OC(CO)C(O)C(O)C3O)C(O)C2O)C(O)C1O)C(O)/C=C/CCCCCCCCCC. The molecule has 17 unspecified atom stereocenters. The van der Waals surface area contributed by atoms with Gasteiger partial charge in [-0.15, -0.1) is 0 Å². The zero-order valence-corrected chi connectivity index (χ0v) is 51.4. The van der Waals surface area contributed by atoms with Crippen molar-refractivity contribution in [3.63, 3.8) is 0 Å². The van der Waals surface area contributed by atoms with Crippen LogP contribution >= 0.6 is 0 Å². The van der Waals surface area contributed by atoms with E-state index in [4.69, 9.17) is 28.4 Å². The summed E-state index contributed by atoms with van der Waals surface area (Å²) >= 11 is 0. The molecule has 3 aliphatic heterocycles. The maximum atomic E-state index is 13.3. The number of unbranched alkanes of at least 4 members (excludes halogenated alkanes) is 27. The van der Waals surface area contributed by atoms with Gasteiger partial charge in [0.1, 0.15) is 73.2 Å². The van der Waals surface area contributed by atoms with Crippen LogP contribution in [0, 0.1) is 0 Å². The summed E-state index contributed by atoms with van der Waals surface area (Å²) in [5, 5.41) is 120. The molecule has 19 heteroatoms. The van der Waals surface area contributed by atoms with Crippen LogP contribution in [-0.2, 0) is 33.2 Å². The molecule has 84 heavy (non-hydrogen) atoms. The summed E-state index contributed by atoms with van der Waals surface area (Å²) in [6, 6.07) is -0.972. The van der Waals surface area contributed by atoms with Crippen LogP contribution in [0.5, 0.6) is 0 Å². The van der Waals surface area contributed by atoms with Crippen LogP contribution in [0.3, 0.4) is 0 Å². The predicted molar refractivity (Wildman–Crippen MR) is 323 cm³/mol. The fraction of sp³-hybridized carbons (Fsp3) is 0.862. The van der Waals surface area contributed by atoms with Crippen LogP contribution in [0.1, 0.15) is 226 Å². The molecule has 1 amide bonds. The number of nitrogens with one attached hydrogen (secondary N) is 1. The minimum atomic E-state index is -1.98. The lowest BCUT2D eigenvalue weighted by molar-refractivity contribution is -0.379. The second-order valence-corrected chi connectivity index (χ2v) is 23.6. The van der Waals surface area contributed by atoms with Crippen LogP contribution in [0.4, 0.5) is 0 Å². The number of ether oxygens (including phenoxy) is 6. The van der Waals surface area contributed by atoms with Crippen LogP contribution in [-0.4, -0.2) is 193 Å². The third-order valence-electron chi connectivity index (χ3n) is 16.4. The molecule has 3 saturated heterocycles. The number of hydrogen-bond donors (Lipinski definition) is 12. The van der Waals surface area contributed by atoms with Crippen molar-refractivity contribution in [2.24, 2.45) is 0 Å². The molecule has 0 spiro atoms. The van der Waals surface area contributed by atoms with Gasteiger partial charge in [-0.2, -0.15) is 0 Å². The van der Waals surface area contributed by atoms with Crippen molar-refractivity contribution in [3.8, 4) is 0 Å². The smallest absolute Gasteiger partial charge is 0.220 e. The van der Waals surface area contributed by atoms with Gasteiger partial charge in [0.25, 0.3) is 0 Å². The highest BCUT2D eigenvalue weighted by atomic mass is 16.8. The van der Waals surface area contributed by atoms with E-state index in [1.807, 2.05) is 6.08 Å². The topological polar surface area (TPSA) is 307 Å². The van der Waals surface area contributed by atoms with Gasteiger partial charge in [-0.3, -0.25) is 4.79 Å². The molecule has 19 nitrogen and oxygen atoms in total. The number of hydrogen-bond acceptors (Lipinski definition) is 18. The van der Waals surface area contributed by atoms with Crippen molar-refractivity contribution >= 4 is 5.91 Å². The third-order valence-corrected chi connectivity index (χ3v) is 16.4. The summed E-state index contributed by atoms with van der Waals surface area (Å²) in [5.41, 5.74) is 0. The zero-order valence-electron chi connectivity index (χ0n) is 51.4. The molecule has 0 bridgehead atoms. The molecular weight excluding hydrogens is 1080 g/mol. The van der Waals surface area contributed by atoms with E-state index in [2.05, 4.69) is 55.6 Å². The Hall–Kier alpha value is -2.25. The van der Waals surface area contributed by atoms with Crippen LogP contribution in [0.2, 0.25) is 0 Å². The molecule has 0 aromatic carbocycles. The van der Waals surface area contributed by atoms with Crippen molar-refractivity contribution in [1.29, 1.82) is 0 Å². The Morgan fingerprint density at radius 1 is 0.429 bits per heavy atom. The predicted octanol–water partition coefficient (Wildman–Crippen LogP) is 7.43. The van der Waals surface area contributed by atoms with Gasteiger partial charge in [-0.1, -0.05) is 210 Å². The van der Waals surface area contributed by atoms with E-state index in [0.717, 1.165) is 57.8 Å². The van der Waals surface area contributed by atoms with Gasteiger partial charge in [-0.05, 0) is 57.8 Å². The molecule has 0 aliphatic carbocycles. The van der Waals surface area contributed by atoms with Gasteiger partial charge >= 0.3 is 0 Å². The van der Waals surface area contributed by atoms with Crippen molar-refractivity contribution in [2.75, 3.05) is 26.4 Å². The standard InChI is InChI=1S/C65H117NO18/c1-3-5-7-9-11-13-15-16-17-18-19-20-21-22-23-24-25-26-27-28-29-30-31-32-33-35-37-39-41-43-53(71)66-48(49(70)42-40-38-36-34-14-12-10-8-6-4-2)47-79-63-59(77)56(74)61(51(45-68)81-63)84-65-60(78)57(75)62(52(46-69)82-65)83-64-58(76)55(73)54(72)50(44-67)80-64/h15-16,18-19,21-22,40,42,48-52,54-65,67-70,72-78H,3-14,17,20,23-39,41,43-47H2,1-2H3,(H,66,71)/b16-15-,19-18-,22-21-,42-40+. The van der Waals surface area contributed by atoms with Crippen LogP contribution < -0.4 is 5.32 Å². The average Bonchev–Trinajstić information content (AvgIpc) is 2.80. The van der Waals surface area contributed by atoms with Gasteiger partial charge in [-0.25, -0.2) is 0 Å². The number of allylic oxidation sites excluding steroid dienone is 7. The van der Waals surface area contributed by atoms with E-state index >= 15 is 0 Å². The average molecular weight is 1200 g/mol. The quantitative estimate of drug-likeness (QED) is 0.0208. The second-order valence-electron chi connectivity index (χ2n) is 23.6. The molecule has 3 heterocycles. The Bertz CT molecular complexity index is 1720. The first kappa shape index (κ1) is 76.0. The maximum Gasteiger partial charge on any atom is 0.220 e. The van der Waals surface area contributed by atoms with E-state index in [9.17, 15) is 61.0 Å². The summed E-state index contributed by atoms with van der Waals surface area (Å²) in [5.74, 6) is -0.279. The van der Waals surface area contributed by atoms with Crippen LogP contribution in [0.25, 0.3) is 0 Å². The molecule has 3 rings (SSSR count). The van der Waals surface area contributed by atoms with E-state index in [0.29, 0.717) is 6.42 Å². The number of carbonyl (C=O) groups is 1. The Morgan fingerprint density at radius 2 is 0.786 bits per heavy atom. The molecule has 0 saturated carbocycles. The summed E-state index contributed by atoms with van der Waals surface area (Å²) in [4.78, 5) is 13.3. The summed E-state index contributed by atoms with van der Waals surface area (Å²) < 4.78 is 34.2. The van der Waals surface area contributed by atoms with E-state index in [-0.39, 0.29) is 18.9 Å². The Morgan fingerprint density at radius 3 is 1.23 bits per heavy atom. The fourth-order valence-electron chi connectivity index (χ4n) is 11.0. The van der Waals surface area contributed by atoms with Gasteiger partial charge in [0.05, 0.1) is 38.6 Å². The van der Waals surface area contributed by atoms with Crippen molar-refractivity contribution < 1.29 is 89.4 Å². The largest absolute Gasteiger partial charge is 0.394 e. The summed E-state index contributed by atoms with van der Waals surface area (Å²) in [7, 11) is 0. The lowest BCUT2D eigenvalue weighted by atomic mass is 9.96. The zero-order chi connectivity index (χ0) is 61.2. The van der Waals surface area contributed by atoms with Gasteiger partial charge in [0.15, 0.2) is 18.9 Å². The lowest BCUT2D eigenvalue weighted by Gasteiger charge is -2.48. The van der Waals surface area contributed by atoms with Gasteiger partial charge in [0, 0.05) is 6.42 Å². The first-order valence-corrected chi connectivity index (χ1v) is 32.9. The van der Waals surface area contributed by atoms with Crippen LogP contribution in [0.15, 0.2) is 48.6 Å². The molecule has 12 N–H and O–H groups in total. The van der Waals surface area contributed by atoms with Crippen molar-refractivity contribution in [1.82, 2.24) is 5.32 Å². The molecule has 0 aromatic heterocycles. The molecular formula is C65H117NO18. The number of rotatable bonds is 49. The van der Waals surface area contributed by atoms with Crippen molar-refractivity contribution in [2.45, 2.75) is 330 Å². The third kappa shape index (κ3) is 30.3. The fourth-order valence-corrected chi connectivity index (χ4v) is 11.0. The minimum Gasteiger partial charge on any atom is -0.394 e. The normalized spacial score (nSPS) is 29.5. The molecule has 3 aliphatic rings. The summed E-state index contributed by atoms with van der Waals surface area (Å²) in [6.07, 6.45) is 28.3. The lowest BCUT2D eigenvalue weighted by Crippen LogP contribution is -2.66. The maximum absolute atomic E-state index is 13.3. The highest BCUT2D eigenvalue weighted by Gasteiger charge is 2.53.